The van der Waals surface area contributed by atoms with Gasteiger partial charge in [-0.2, -0.15) is 8.78 Å². The van der Waals surface area contributed by atoms with Crippen molar-refractivity contribution in [3.63, 3.8) is 0 Å². The van der Waals surface area contributed by atoms with E-state index in [4.69, 9.17) is 20.4 Å². The molecule has 14 heavy (non-hydrogen) atoms. The van der Waals surface area contributed by atoms with E-state index in [1.807, 2.05) is 6.07 Å². The van der Waals surface area contributed by atoms with Gasteiger partial charge in [-0.25, -0.2) is 0 Å². The van der Waals surface area contributed by atoms with Crippen LogP contribution in [0.1, 0.15) is 11.1 Å². The molecule has 0 saturated carbocycles. The molecule has 0 saturated heterocycles. The molecule has 0 unspecified atom stereocenters. The van der Waals surface area contributed by atoms with Gasteiger partial charge >= 0.3 is 12.1 Å². The van der Waals surface area contributed by atoms with Gasteiger partial charge in [0.1, 0.15) is 0 Å². The second kappa shape index (κ2) is 3.25. The van der Waals surface area contributed by atoms with Crippen LogP contribution in [0.15, 0.2) is 18.2 Å². The predicted octanol–water partition coefficient (Wildman–Crippen LogP) is -0.384. The standard InChI is InChI=1S/C8H7F2O4/c9-7(11,12)5-3-1-2-4-6(5)8(10,13)14/h1-3,11-14H. The highest BCUT2D eigenvalue weighted by molar-refractivity contribution is 5.30. The molecule has 0 bridgehead atoms. The van der Waals surface area contributed by atoms with Crippen molar-refractivity contribution in [3.05, 3.63) is 35.4 Å². The fourth-order valence-electron chi connectivity index (χ4n) is 0.965. The number of aliphatic hydroxyl groups is 4. The van der Waals surface area contributed by atoms with Crippen LogP contribution in [0.4, 0.5) is 8.78 Å². The van der Waals surface area contributed by atoms with Crippen LogP contribution in [0.5, 0.6) is 0 Å². The maximum Gasteiger partial charge on any atom is 0.344 e. The average Bonchev–Trinajstić information content (AvgIpc) is 2.01. The average molecular weight is 205 g/mol. The summed E-state index contributed by atoms with van der Waals surface area (Å²) in [6, 6.07) is -2.80. The number of alkyl halides is 2. The molecule has 0 aromatic heterocycles. The van der Waals surface area contributed by atoms with Crippen LogP contribution in [0.25, 0.3) is 0 Å². The summed E-state index contributed by atoms with van der Waals surface area (Å²) < 4.78 is 25.2. The van der Waals surface area contributed by atoms with E-state index >= 15 is 0 Å². The summed E-state index contributed by atoms with van der Waals surface area (Å²) in [7, 11) is 0. The van der Waals surface area contributed by atoms with Gasteiger partial charge in [-0.05, 0) is 6.07 Å². The fraction of sp³-hybridized carbons (Fsp3) is 0.250. The maximum absolute atomic E-state index is 12.6. The molecule has 0 aliphatic carbocycles. The zero-order chi connectivity index (χ0) is 11.0. The quantitative estimate of drug-likeness (QED) is 0.496. The van der Waals surface area contributed by atoms with Crippen molar-refractivity contribution in [2.75, 3.05) is 0 Å². The van der Waals surface area contributed by atoms with E-state index in [1.165, 1.54) is 0 Å². The van der Waals surface area contributed by atoms with Crippen LogP contribution in [0, 0.1) is 6.07 Å². The molecule has 0 aliphatic rings. The Balaban J connectivity index is 3.31. The maximum atomic E-state index is 12.6. The molecule has 1 aromatic carbocycles. The van der Waals surface area contributed by atoms with Gasteiger partial charge in [0.15, 0.2) is 0 Å². The summed E-state index contributed by atoms with van der Waals surface area (Å²) in [6.45, 7) is 0. The molecule has 0 fully saturated rings. The Bertz CT molecular complexity index is 294. The first-order chi connectivity index (χ1) is 6.23. The molecule has 1 aromatic rings. The molecule has 0 aliphatic heterocycles. The van der Waals surface area contributed by atoms with Crippen molar-refractivity contribution in [2.45, 2.75) is 12.1 Å². The third-order valence-electron chi connectivity index (χ3n) is 1.52. The minimum Gasteiger partial charge on any atom is -0.336 e. The lowest BCUT2D eigenvalue weighted by molar-refractivity contribution is -0.290. The Morgan fingerprint density at radius 3 is 2.00 bits per heavy atom. The first-order valence-electron chi connectivity index (χ1n) is 3.52. The molecule has 4 N–H and O–H groups in total. The Hall–Kier alpha value is -1.08. The smallest absolute Gasteiger partial charge is 0.336 e. The first kappa shape index (κ1) is 11.0. The molecule has 6 heteroatoms. The Morgan fingerprint density at radius 2 is 1.64 bits per heavy atom. The number of hydrogen-bond acceptors (Lipinski definition) is 4. The highest BCUT2D eigenvalue weighted by Crippen LogP contribution is 2.30. The molecule has 0 heterocycles. The van der Waals surface area contributed by atoms with E-state index in [0.717, 1.165) is 18.2 Å². The number of benzene rings is 1. The van der Waals surface area contributed by atoms with E-state index in [-0.39, 0.29) is 0 Å². The zero-order valence-corrected chi connectivity index (χ0v) is 6.78. The van der Waals surface area contributed by atoms with Crippen LogP contribution in [0.3, 0.4) is 0 Å². The van der Waals surface area contributed by atoms with Gasteiger partial charge in [-0.15, -0.1) is 0 Å². The molecule has 4 nitrogen and oxygen atoms in total. The lowest BCUT2D eigenvalue weighted by Crippen LogP contribution is -2.27. The van der Waals surface area contributed by atoms with E-state index in [9.17, 15) is 8.78 Å². The summed E-state index contributed by atoms with van der Waals surface area (Å²) in [4.78, 5) is 0. The summed E-state index contributed by atoms with van der Waals surface area (Å²) in [5, 5.41) is 34.0. The topological polar surface area (TPSA) is 80.9 Å². The van der Waals surface area contributed by atoms with Gasteiger partial charge in [-0.1, -0.05) is 18.2 Å². The van der Waals surface area contributed by atoms with E-state index in [2.05, 4.69) is 0 Å². The van der Waals surface area contributed by atoms with Crippen LogP contribution < -0.4 is 0 Å². The summed E-state index contributed by atoms with van der Waals surface area (Å²) >= 11 is 0. The molecule has 1 radical (unpaired) electrons. The molecular weight excluding hydrogens is 198 g/mol. The van der Waals surface area contributed by atoms with Crippen molar-refractivity contribution in [3.8, 4) is 0 Å². The van der Waals surface area contributed by atoms with E-state index in [1.54, 1.807) is 0 Å². The minimum absolute atomic E-state index is 0.784. The van der Waals surface area contributed by atoms with Crippen LogP contribution in [-0.4, -0.2) is 20.4 Å². The van der Waals surface area contributed by atoms with Crippen molar-refractivity contribution in [1.29, 1.82) is 0 Å². The molecule has 77 valence electrons. The van der Waals surface area contributed by atoms with Crippen molar-refractivity contribution in [2.24, 2.45) is 0 Å². The van der Waals surface area contributed by atoms with Crippen LogP contribution >= 0.6 is 0 Å². The fourth-order valence-corrected chi connectivity index (χ4v) is 0.965. The first-order valence-corrected chi connectivity index (χ1v) is 3.52. The third-order valence-corrected chi connectivity index (χ3v) is 1.52. The van der Waals surface area contributed by atoms with Gasteiger partial charge in [0.25, 0.3) is 0 Å². The zero-order valence-electron chi connectivity index (χ0n) is 6.78. The molecule has 0 atom stereocenters. The van der Waals surface area contributed by atoms with Gasteiger partial charge in [0, 0.05) is 0 Å². The second-order valence-electron chi connectivity index (χ2n) is 2.63. The van der Waals surface area contributed by atoms with Gasteiger partial charge in [0.2, 0.25) is 0 Å². The highest BCUT2D eigenvalue weighted by Gasteiger charge is 2.37. The van der Waals surface area contributed by atoms with Crippen LogP contribution in [0.2, 0.25) is 0 Å². The van der Waals surface area contributed by atoms with Gasteiger partial charge in [0.05, 0.1) is 11.1 Å². The Morgan fingerprint density at radius 1 is 1.07 bits per heavy atom. The Kier molecular flexibility index (Phi) is 2.55. The van der Waals surface area contributed by atoms with Crippen LogP contribution in [-0.2, 0) is 12.1 Å². The number of halogens is 2. The largest absolute Gasteiger partial charge is 0.344 e. The number of hydrogen-bond donors (Lipinski definition) is 4. The summed E-state index contributed by atoms with van der Waals surface area (Å²) in [5.74, 6) is 0. The Labute approximate surface area is 77.7 Å². The lowest BCUT2D eigenvalue weighted by atomic mass is 10.1. The van der Waals surface area contributed by atoms with Gasteiger partial charge < -0.3 is 20.4 Å². The monoisotopic (exact) mass is 205 g/mol. The molecule has 0 spiro atoms. The van der Waals surface area contributed by atoms with Crippen molar-refractivity contribution < 1.29 is 29.2 Å². The highest BCUT2D eigenvalue weighted by atomic mass is 19.2. The van der Waals surface area contributed by atoms with Crippen molar-refractivity contribution >= 4 is 0 Å². The van der Waals surface area contributed by atoms with E-state index < -0.39 is 23.2 Å². The summed E-state index contributed by atoms with van der Waals surface area (Å²) in [5.41, 5.74) is -2.11. The SMILES string of the molecule is OC(O)(F)c1[c]cccc1C(O)(O)F. The second-order valence-corrected chi connectivity index (χ2v) is 2.63. The molecular formula is C8H7F2O4. The minimum atomic E-state index is -3.88. The predicted molar refractivity (Wildman–Crippen MR) is 39.7 cm³/mol. The third kappa shape index (κ3) is 2.24. The lowest BCUT2D eigenvalue weighted by Gasteiger charge is -2.19. The molecule has 1 rings (SSSR count). The molecule has 0 amide bonds. The van der Waals surface area contributed by atoms with Gasteiger partial charge in [-0.3, -0.25) is 0 Å². The van der Waals surface area contributed by atoms with E-state index in [0.29, 0.717) is 0 Å². The van der Waals surface area contributed by atoms with Crippen molar-refractivity contribution in [1.82, 2.24) is 0 Å². The normalized spacial score (nSPS) is 13.0. The number of rotatable bonds is 2. The summed E-state index contributed by atoms with van der Waals surface area (Å²) in [6.07, 6.45) is 0.